The zero-order valence-electron chi connectivity index (χ0n) is 10.5. The molecule has 0 bridgehead atoms. The lowest BCUT2D eigenvalue weighted by molar-refractivity contribution is 0.627. The molecule has 0 aliphatic rings. The van der Waals surface area contributed by atoms with E-state index in [1.54, 1.807) is 18.2 Å². The van der Waals surface area contributed by atoms with Gasteiger partial charge in [-0.2, -0.15) is 0 Å². The van der Waals surface area contributed by atoms with Gasteiger partial charge in [0.05, 0.1) is 10.9 Å². The first-order valence-corrected chi connectivity index (χ1v) is 6.32. The molecule has 3 aromatic rings. The summed E-state index contributed by atoms with van der Waals surface area (Å²) in [7, 11) is 0. The van der Waals surface area contributed by atoms with Crippen molar-refractivity contribution in [3.8, 4) is 11.4 Å². The highest BCUT2D eigenvalue weighted by atomic mass is 35.5. The maximum absolute atomic E-state index is 13.7. The molecule has 0 unspecified atom stereocenters. The molecule has 5 heteroatoms. The van der Waals surface area contributed by atoms with E-state index < -0.39 is 5.82 Å². The molecule has 0 saturated heterocycles. The van der Waals surface area contributed by atoms with Crippen molar-refractivity contribution in [1.29, 1.82) is 0 Å². The lowest BCUT2D eigenvalue weighted by atomic mass is 10.1. The maximum atomic E-state index is 13.7. The predicted octanol–water partition coefficient (Wildman–Crippen LogP) is 4.54. The lowest BCUT2D eigenvalue weighted by Crippen LogP contribution is -1.96. The van der Waals surface area contributed by atoms with E-state index in [4.69, 9.17) is 11.6 Å². The molecule has 3 rings (SSSR count). The Balaban J connectivity index is 2.30. The number of fused-ring (bicyclic) bond motifs is 1. The highest BCUT2D eigenvalue weighted by molar-refractivity contribution is 6.34. The van der Waals surface area contributed by atoms with Crippen LogP contribution in [0.4, 0.5) is 8.78 Å². The summed E-state index contributed by atoms with van der Waals surface area (Å²) in [6.07, 6.45) is 0. The predicted molar refractivity (Wildman–Crippen MR) is 74.6 cm³/mol. The van der Waals surface area contributed by atoms with Crippen LogP contribution in [0.15, 0.2) is 36.4 Å². The summed E-state index contributed by atoms with van der Waals surface area (Å²) in [6, 6.07) is 8.82. The first-order chi connectivity index (χ1) is 9.56. The van der Waals surface area contributed by atoms with Gasteiger partial charge in [-0.05, 0) is 36.8 Å². The van der Waals surface area contributed by atoms with E-state index in [1.807, 2.05) is 6.92 Å². The van der Waals surface area contributed by atoms with E-state index in [0.29, 0.717) is 11.1 Å². The van der Waals surface area contributed by atoms with Gasteiger partial charge in [-0.3, -0.25) is 0 Å². The van der Waals surface area contributed by atoms with Crippen molar-refractivity contribution in [3.63, 3.8) is 0 Å². The third-order valence-corrected chi connectivity index (χ3v) is 3.34. The number of benzene rings is 2. The highest BCUT2D eigenvalue weighted by Gasteiger charge is 2.13. The number of rotatable bonds is 1. The van der Waals surface area contributed by atoms with E-state index in [0.717, 1.165) is 5.56 Å². The minimum atomic E-state index is -0.477. The standard InChI is InChI=1S/C15H9ClF2N2/c1-8-5-6-9(17)7-10(8)15-19-12-4-2-3-11(18)13(12)14(16)20-15/h2-7H,1H3. The van der Waals surface area contributed by atoms with Gasteiger partial charge in [0.2, 0.25) is 0 Å². The summed E-state index contributed by atoms with van der Waals surface area (Å²) in [4.78, 5) is 8.35. The van der Waals surface area contributed by atoms with Crippen LogP contribution >= 0.6 is 11.6 Å². The van der Waals surface area contributed by atoms with Gasteiger partial charge in [-0.15, -0.1) is 0 Å². The third-order valence-electron chi connectivity index (χ3n) is 3.07. The first-order valence-electron chi connectivity index (χ1n) is 5.94. The van der Waals surface area contributed by atoms with E-state index in [2.05, 4.69) is 9.97 Å². The number of halogens is 3. The quantitative estimate of drug-likeness (QED) is 0.615. The second-order valence-corrected chi connectivity index (χ2v) is 4.79. The van der Waals surface area contributed by atoms with Crippen LogP contribution in [0.5, 0.6) is 0 Å². The van der Waals surface area contributed by atoms with Gasteiger partial charge < -0.3 is 0 Å². The Kier molecular flexibility index (Phi) is 3.10. The molecule has 0 aliphatic carbocycles. The molecule has 1 aromatic heterocycles. The van der Waals surface area contributed by atoms with Crippen LogP contribution in [0.2, 0.25) is 5.15 Å². The van der Waals surface area contributed by atoms with E-state index in [1.165, 1.54) is 18.2 Å². The van der Waals surface area contributed by atoms with Crippen molar-refractivity contribution in [2.24, 2.45) is 0 Å². The van der Waals surface area contributed by atoms with Crippen LogP contribution in [0, 0.1) is 18.6 Å². The van der Waals surface area contributed by atoms with Gasteiger partial charge in [0, 0.05) is 5.56 Å². The van der Waals surface area contributed by atoms with Gasteiger partial charge >= 0.3 is 0 Å². The van der Waals surface area contributed by atoms with Crippen molar-refractivity contribution in [2.45, 2.75) is 6.92 Å². The average Bonchev–Trinajstić information content (AvgIpc) is 2.41. The average molecular weight is 291 g/mol. The second-order valence-electron chi connectivity index (χ2n) is 4.43. The fraction of sp³-hybridized carbons (Fsp3) is 0.0667. The van der Waals surface area contributed by atoms with Crippen LogP contribution in [0.1, 0.15) is 5.56 Å². The van der Waals surface area contributed by atoms with Crippen LogP contribution in [0.3, 0.4) is 0 Å². The molecule has 0 spiro atoms. The number of hydrogen-bond acceptors (Lipinski definition) is 2. The summed E-state index contributed by atoms with van der Waals surface area (Å²) in [5.41, 5.74) is 1.75. The minimum absolute atomic E-state index is 0.0201. The topological polar surface area (TPSA) is 25.8 Å². The van der Waals surface area contributed by atoms with Crippen LogP contribution in [0.25, 0.3) is 22.3 Å². The third kappa shape index (κ3) is 2.12. The number of aromatic nitrogens is 2. The minimum Gasteiger partial charge on any atom is -0.228 e. The Hall–Kier alpha value is -2.07. The van der Waals surface area contributed by atoms with Gasteiger partial charge in [-0.1, -0.05) is 23.7 Å². The van der Waals surface area contributed by atoms with Crippen molar-refractivity contribution in [1.82, 2.24) is 9.97 Å². The molecule has 0 radical (unpaired) electrons. The van der Waals surface area contributed by atoms with Crippen molar-refractivity contribution < 1.29 is 8.78 Å². The summed E-state index contributed by atoms with van der Waals surface area (Å²) in [5, 5.41) is 0.193. The first kappa shape index (κ1) is 12.9. The van der Waals surface area contributed by atoms with Gasteiger partial charge in [0.1, 0.15) is 16.8 Å². The number of hydrogen-bond donors (Lipinski definition) is 0. The Morgan fingerprint density at radius 1 is 1.05 bits per heavy atom. The monoisotopic (exact) mass is 290 g/mol. The molecule has 0 atom stereocenters. The summed E-state index contributed by atoms with van der Waals surface area (Å²) in [5.74, 6) is -0.579. The summed E-state index contributed by atoms with van der Waals surface area (Å²) >= 11 is 6.02. The fourth-order valence-corrected chi connectivity index (χ4v) is 2.32. The Morgan fingerprint density at radius 2 is 1.85 bits per heavy atom. The normalized spacial score (nSPS) is 11.0. The Labute approximate surface area is 119 Å². The zero-order valence-corrected chi connectivity index (χ0v) is 11.2. The molecular formula is C15H9ClF2N2. The second kappa shape index (κ2) is 4.80. The fourth-order valence-electron chi connectivity index (χ4n) is 2.05. The molecule has 100 valence electrons. The van der Waals surface area contributed by atoms with Gasteiger partial charge in [-0.25, -0.2) is 18.7 Å². The maximum Gasteiger partial charge on any atom is 0.161 e. The van der Waals surface area contributed by atoms with Crippen LogP contribution in [-0.2, 0) is 0 Å². The lowest BCUT2D eigenvalue weighted by Gasteiger charge is -2.07. The molecule has 2 nitrogen and oxygen atoms in total. The van der Waals surface area contributed by atoms with E-state index in [9.17, 15) is 8.78 Å². The molecule has 0 N–H and O–H groups in total. The molecule has 1 heterocycles. The van der Waals surface area contributed by atoms with Gasteiger partial charge in [0.15, 0.2) is 5.82 Å². The van der Waals surface area contributed by atoms with Crippen molar-refractivity contribution >= 4 is 22.5 Å². The Bertz CT molecular complexity index is 818. The van der Waals surface area contributed by atoms with Crippen LogP contribution in [-0.4, -0.2) is 9.97 Å². The SMILES string of the molecule is Cc1ccc(F)cc1-c1nc(Cl)c2c(F)cccc2n1. The molecular weight excluding hydrogens is 282 g/mol. The Morgan fingerprint density at radius 3 is 2.65 bits per heavy atom. The van der Waals surface area contributed by atoms with E-state index >= 15 is 0 Å². The van der Waals surface area contributed by atoms with E-state index in [-0.39, 0.29) is 22.2 Å². The number of aryl methyl sites for hydroxylation is 1. The molecule has 0 aliphatic heterocycles. The van der Waals surface area contributed by atoms with Crippen molar-refractivity contribution in [3.05, 3.63) is 58.7 Å². The molecule has 0 saturated carbocycles. The molecule has 0 fully saturated rings. The molecule has 2 aromatic carbocycles. The summed E-state index contributed by atoms with van der Waals surface area (Å²) < 4.78 is 27.1. The smallest absolute Gasteiger partial charge is 0.161 e. The van der Waals surface area contributed by atoms with Gasteiger partial charge in [0.25, 0.3) is 0 Å². The number of nitrogens with zero attached hydrogens (tertiary/aromatic N) is 2. The van der Waals surface area contributed by atoms with Crippen LogP contribution < -0.4 is 0 Å². The highest BCUT2D eigenvalue weighted by Crippen LogP contribution is 2.28. The summed E-state index contributed by atoms with van der Waals surface area (Å²) in [6.45, 7) is 1.82. The zero-order chi connectivity index (χ0) is 14.3. The largest absolute Gasteiger partial charge is 0.228 e. The van der Waals surface area contributed by atoms with Crippen molar-refractivity contribution in [2.75, 3.05) is 0 Å². The molecule has 0 amide bonds. The molecule has 20 heavy (non-hydrogen) atoms.